The first-order chi connectivity index (χ1) is 13.1. The number of fused-ring (bicyclic) bond motifs is 1. The lowest BCUT2D eigenvalue weighted by molar-refractivity contribution is -0.123. The largest absolute Gasteiger partial charge is 0.451 e. The Balaban J connectivity index is 1.53. The van der Waals surface area contributed by atoms with Crippen LogP contribution >= 0.6 is 11.8 Å². The molecule has 144 valence electrons. The number of nitrogens with zero attached hydrogens (tertiary/aromatic N) is 2. The van der Waals surface area contributed by atoms with Gasteiger partial charge in [0.05, 0.1) is 5.52 Å². The third-order valence-electron chi connectivity index (χ3n) is 4.42. The van der Waals surface area contributed by atoms with Crippen LogP contribution in [-0.2, 0) is 9.53 Å². The Morgan fingerprint density at radius 1 is 1.26 bits per heavy atom. The zero-order valence-corrected chi connectivity index (χ0v) is 15.9. The molecule has 8 nitrogen and oxygen atoms in total. The smallest absolute Gasteiger partial charge is 0.359 e. The zero-order valence-electron chi connectivity index (χ0n) is 15.1. The average molecular weight is 390 g/mol. The molecule has 1 aliphatic carbocycles. The van der Waals surface area contributed by atoms with Gasteiger partial charge in [0, 0.05) is 12.2 Å². The standard InChI is InChI=1S/C18H22N4O4S/c1-27-18-21-15(13-9-5-6-10-22(13)18)16(24)26-11-14(23)20-17(25)19-12-7-3-2-4-8-12/h5-6,9-10,12H,2-4,7-8,11H2,1H3,(H2,19,20,23,25). The van der Waals surface area contributed by atoms with Gasteiger partial charge in [0.25, 0.3) is 5.91 Å². The summed E-state index contributed by atoms with van der Waals surface area (Å²) in [7, 11) is 0. The second-order valence-corrected chi connectivity index (χ2v) is 7.11. The van der Waals surface area contributed by atoms with Gasteiger partial charge in [-0.15, -0.1) is 0 Å². The number of pyridine rings is 1. The summed E-state index contributed by atoms with van der Waals surface area (Å²) in [5, 5.41) is 5.61. The summed E-state index contributed by atoms with van der Waals surface area (Å²) in [5.41, 5.74) is 0.738. The van der Waals surface area contributed by atoms with E-state index >= 15 is 0 Å². The number of thioether (sulfide) groups is 1. The molecule has 2 N–H and O–H groups in total. The minimum absolute atomic E-state index is 0.0935. The number of imidazole rings is 1. The molecular formula is C18H22N4O4S. The fourth-order valence-electron chi connectivity index (χ4n) is 3.13. The third kappa shape index (κ3) is 4.79. The fourth-order valence-corrected chi connectivity index (χ4v) is 3.67. The fraction of sp³-hybridized carbons (Fsp3) is 0.444. The van der Waals surface area contributed by atoms with Gasteiger partial charge in [-0.1, -0.05) is 37.1 Å². The highest BCUT2D eigenvalue weighted by Gasteiger charge is 2.21. The maximum Gasteiger partial charge on any atom is 0.359 e. The first-order valence-electron chi connectivity index (χ1n) is 8.87. The molecule has 0 unspecified atom stereocenters. The van der Waals surface area contributed by atoms with Crippen LogP contribution in [0.3, 0.4) is 0 Å². The molecule has 2 aromatic heterocycles. The number of rotatable bonds is 5. The van der Waals surface area contributed by atoms with Crippen molar-refractivity contribution in [2.45, 2.75) is 43.3 Å². The zero-order chi connectivity index (χ0) is 19.2. The first-order valence-corrected chi connectivity index (χ1v) is 10.1. The maximum absolute atomic E-state index is 12.3. The van der Waals surface area contributed by atoms with E-state index in [2.05, 4.69) is 15.6 Å². The minimum atomic E-state index is -0.707. The SMILES string of the molecule is CSc1nc(C(=O)OCC(=O)NC(=O)NC2CCCCC2)c2ccccn12. The number of imide groups is 1. The summed E-state index contributed by atoms with van der Waals surface area (Å²) in [5.74, 6) is -1.38. The molecule has 2 aromatic rings. The third-order valence-corrected chi connectivity index (χ3v) is 5.07. The highest BCUT2D eigenvalue weighted by molar-refractivity contribution is 7.98. The van der Waals surface area contributed by atoms with Gasteiger partial charge in [0.2, 0.25) is 0 Å². The lowest BCUT2D eigenvalue weighted by atomic mass is 9.96. The molecule has 0 aromatic carbocycles. The normalized spacial score (nSPS) is 14.7. The molecular weight excluding hydrogens is 368 g/mol. The van der Waals surface area contributed by atoms with E-state index in [1.807, 2.05) is 12.3 Å². The van der Waals surface area contributed by atoms with Crippen LogP contribution < -0.4 is 10.6 Å². The van der Waals surface area contributed by atoms with Crippen molar-refractivity contribution in [3.8, 4) is 0 Å². The molecule has 0 bridgehead atoms. The molecule has 9 heteroatoms. The van der Waals surface area contributed by atoms with E-state index in [4.69, 9.17) is 4.74 Å². The second-order valence-electron chi connectivity index (χ2n) is 6.34. The van der Waals surface area contributed by atoms with Crippen molar-refractivity contribution < 1.29 is 19.1 Å². The predicted molar refractivity (Wildman–Crippen MR) is 101 cm³/mol. The molecule has 3 amide bonds. The second kappa shape index (κ2) is 8.90. The summed E-state index contributed by atoms with van der Waals surface area (Å²) in [6.07, 6.45) is 8.82. The Morgan fingerprint density at radius 2 is 2.04 bits per heavy atom. The summed E-state index contributed by atoms with van der Waals surface area (Å²) < 4.78 is 6.81. The van der Waals surface area contributed by atoms with Crippen LogP contribution in [0, 0.1) is 0 Å². The molecule has 1 aliphatic rings. The van der Waals surface area contributed by atoms with Gasteiger partial charge in [0.15, 0.2) is 17.5 Å². The van der Waals surface area contributed by atoms with Crippen molar-refractivity contribution in [1.82, 2.24) is 20.0 Å². The highest BCUT2D eigenvalue weighted by Crippen LogP contribution is 2.20. The molecule has 1 saturated carbocycles. The number of esters is 1. The van der Waals surface area contributed by atoms with Gasteiger partial charge >= 0.3 is 12.0 Å². The van der Waals surface area contributed by atoms with E-state index in [9.17, 15) is 14.4 Å². The van der Waals surface area contributed by atoms with E-state index < -0.39 is 24.5 Å². The lowest BCUT2D eigenvalue weighted by Crippen LogP contribution is -2.46. The number of hydrogen-bond donors (Lipinski definition) is 2. The Bertz CT molecular complexity index is 845. The summed E-state index contributed by atoms with van der Waals surface area (Å²) >= 11 is 1.40. The topological polar surface area (TPSA) is 102 Å². The molecule has 0 radical (unpaired) electrons. The number of amides is 3. The Labute approximate surface area is 161 Å². The van der Waals surface area contributed by atoms with Crippen molar-refractivity contribution in [2.75, 3.05) is 12.9 Å². The van der Waals surface area contributed by atoms with Crippen molar-refractivity contribution in [3.05, 3.63) is 30.1 Å². The van der Waals surface area contributed by atoms with Crippen LogP contribution in [0.25, 0.3) is 5.52 Å². The van der Waals surface area contributed by atoms with Gasteiger partial charge in [-0.05, 0) is 31.2 Å². The monoisotopic (exact) mass is 390 g/mol. The average Bonchev–Trinajstić information content (AvgIpc) is 3.06. The Hall–Kier alpha value is -2.55. The maximum atomic E-state index is 12.3. The summed E-state index contributed by atoms with van der Waals surface area (Å²) in [4.78, 5) is 40.3. The van der Waals surface area contributed by atoms with Crippen molar-refractivity contribution in [3.63, 3.8) is 0 Å². The van der Waals surface area contributed by atoms with Crippen LogP contribution in [0.2, 0.25) is 0 Å². The molecule has 3 rings (SSSR count). The van der Waals surface area contributed by atoms with E-state index in [0.717, 1.165) is 25.7 Å². The van der Waals surface area contributed by atoms with Gasteiger partial charge in [-0.2, -0.15) is 0 Å². The quantitative estimate of drug-likeness (QED) is 0.600. The van der Waals surface area contributed by atoms with E-state index in [1.165, 1.54) is 18.2 Å². The summed E-state index contributed by atoms with van der Waals surface area (Å²) in [6, 6.07) is 4.92. The molecule has 2 heterocycles. The van der Waals surface area contributed by atoms with Crippen molar-refractivity contribution >= 4 is 35.2 Å². The van der Waals surface area contributed by atoms with Crippen LogP contribution in [0.1, 0.15) is 42.6 Å². The highest BCUT2D eigenvalue weighted by atomic mass is 32.2. The number of nitrogens with one attached hydrogen (secondary N) is 2. The van der Waals surface area contributed by atoms with E-state index in [-0.39, 0.29) is 11.7 Å². The number of urea groups is 1. The number of hydrogen-bond acceptors (Lipinski definition) is 6. The van der Waals surface area contributed by atoms with Crippen LogP contribution in [0.15, 0.2) is 29.6 Å². The molecule has 1 fully saturated rings. The van der Waals surface area contributed by atoms with Crippen LogP contribution in [0.4, 0.5) is 4.79 Å². The lowest BCUT2D eigenvalue weighted by Gasteiger charge is -2.22. The van der Waals surface area contributed by atoms with E-state index in [1.54, 1.807) is 22.7 Å². The summed E-state index contributed by atoms with van der Waals surface area (Å²) in [6.45, 7) is -0.544. The van der Waals surface area contributed by atoms with Gasteiger partial charge in [-0.25, -0.2) is 14.6 Å². The van der Waals surface area contributed by atoms with E-state index in [0.29, 0.717) is 10.7 Å². The molecule has 0 saturated heterocycles. The molecule has 0 spiro atoms. The molecule has 27 heavy (non-hydrogen) atoms. The predicted octanol–water partition coefficient (Wildman–Crippen LogP) is 2.37. The van der Waals surface area contributed by atoms with Crippen LogP contribution in [-0.4, -0.2) is 46.2 Å². The van der Waals surface area contributed by atoms with Gasteiger partial charge < -0.3 is 10.1 Å². The number of ether oxygens (including phenoxy) is 1. The number of carbonyl (C=O) groups excluding carboxylic acids is 3. The Morgan fingerprint density at radius 3 is 2.78 bits per heavy atom. The molecule has 0 atom stereocenters. The van der Waals surface area contributed by atoms with Gasteiger partial charge in [0.1, 0.15) is 0 Å². The van der Waals surface area contributed by atoms with Crippen molar-refractivity contribution in [1.29, 1.82) is 0 Å². The number of aromatic nitrogens is 2. The molecule has 0 aliphatic heterocycles. The first kappa shape index (κ1) is 19.2. The van der Waals surface area contributed by atoms with Gasteiger partial charge in [-0.3, -0.25) is 14.5 Å². The van der Waals surface area contributed by atoms with Crippen molar-refractivity contribution in [2.24, 2.45) is 0 Å². The minimum Gasteiger partial charge on any atom is -0.451 e. The number of carbonyl (C=O) groups is 3. The van der Waals surface area contributed by atoms with Crippen LogP contribution in [0.5, 0.6) is 0 Å². The Kier molecular flexibility index (Phi) is 6.33.